The van der Waals surface area contributed by atoms with Crippen molar-refractivity contribution in [1.82, 2.24) is 16.1 Å². The van der Waals surface area contributed by atoms with Crippen LogP contribution in [0.5, 0.6) is 0 Å². The van der Waals surface area contributed by atoms with Crippen molar-refractivity contribution in [2.75, 3.05) is 11.6 Å². The average molecular weight is 293 g/mol. The molecule has 20 heavy (non-hydrogen) atoms. The molecule has 0 spiro atoms. The van der Waals surface area contributed by atoms with Gasteiger partial charge in [0.2, 0.25) is 0 Å². The zero-order valence-corrected chi connectivity index (χ0v) is 11.7. The summed E-state index contributed by atoms with van der Waals surface area (Å²) in [6.07, 6.45) is 0.157. The normalized spacial score (nSPS) is 28.9. The van der Waals surface area contributed by atoms with E-state index in [-0.39, 0.29) is 23.9 Å². The van der Waals surface area contributed by atoms with Crippen LogP contribution >= 0.6 is 12.2 Å². The van der Waals surface area contributed by atoms with E-state index in [9.17, 15) is 10.1 Å². The van der Waals surface area contributed by atoms with Crippen molar-refractivity contribution in [3.8, 4) is 0 Å². The van der Waals surface area contributed by atoms with Crippen LogP contribution in [-0.4, -0.2) is 28.8 Å². The van der Waals surface area contributed by atoms with Gasteiger partial charge in [-0.3, -0.25) is 20.4 Å². The first kappa shape index (κ1) is 13.2. The molecule has 1 aromatic rings. The zero-order valence-electron chi connectivity index (χ0n) is 10.9. The molecule has 3 N–H and O–H groups in total. The van der Waals surface area contributed by atoms with Gasteiger partial charge in [-0.25, -0.2) is 5.43 Å². The van der Waals surface area contributed by atoms with E-state index in [4.69, 9.17) is 12.2 Å². The van der Waals surface area contributed by atoms with Gasteiger partial charge in [-0.05, 0) is 19.1 Å². The van der Waals surface area contributed by atoms with E-state index >= 15 is 0 Å². The molecular weight excluding hydrogens is 278 g/mol. The molecule has 0 bridgehead atoms. The fourth-order valence-electron chi connectivity index (χ4n) is 2.62. The van der Waals surface area contributed by atoms with Gasteiger partial charge in [0.25, 0.3) is 5.69 Å². The molecule has 2 saturated heterocycles. The van der Waals surface area contributed by atoms with Gasteiger partial charge in [0, 0.05) is 18.7 Å². The highest BCUT2D eigenvalue weighted by Crippen LogP contribution is 2.27. The van der Waals surface area contributed by atoms with Gasteiger partial charge in [-0.1, -0.05) is 12.2 Å². The first-order valence-electron chi connectivity index (χ1n) is 6.40. The second kappa shape index (κ2) is 4.97. The third-order valence-electron chi connectivity index (χ3n) is 3.60. The molecule has 0 amide bonds. The van der Waals surface area contributed by atoms with E-state index in [1.54, 1.807) is 12.1 Å². The molecule has 0 aromatic heterocycles. The van der Waals surface area contributed by atoms with E-state index < -0.39 is 4.92 Å². The van der Waals surface area contributed by atoms with Gasteiger partial charge in [0.05, 0.1) is 27.7 Å². The van der Waals surface area contributed by atoms with Crippen molar-refractivity contribution in [3.05, 3.63) is 34.4 Å². The Labute approximate surface area is 121 Å². The highest BCUT2D eigenvalue weighted by atomic mass is 32.1. The number of hydrogen-bond donors (Lipinski definition) is 3. The Balaban J connectivity index is 1.83. The Morgan fingerprint density at radius 1 is 1.40 bits per heavy atom. The quantitative estimate of drug-likeness (QED) is 0.421. The highest BCUT2D eigenvalue weighted by Gasteiger charge is 2.41. The predicted molar refractivity (Wildman–Crippen MR) is 79.2 cm³/mol. The largest absolute Gasteiger partial charge is 0.364 e. The maximum absolute atomic E-state index is 10.7. The summed E-state index contributed by atoms with van der Waals surface area (Å²) in [6, 6.07) is 6.50. The third-order valence-corrected chi connectivity index (χ3v) is 4.02. The van der Waals surface area contributed by atoms with Crippen LogP contribution in [-0.2, 0) is 0 Å². The summed E-state index contributed by atoms with van der Waals surface area (Å²) in [7, 11) is 0. The van der Waals surface area contributed by atoms with Gasteiger partial charge >= 0.3 is 0 Å². The topological polar surface area (TPSA) is 82.5 Å². The fraction of sp³-hybridized carbons (Fsp3) is 0.417. The maximum atomic E-state index is 10.7. The number of thiocarbonyl (C=S) groups is 1. The molecule has 1 aromatic carbocycles. The summed E-state index contributed by atoms with van der Waals surface area (Å²) in [5.74, 6) is 0.191. The maximum Gasteiger partial charge on any atom is 0.269 e. The zero-order chi connectivity index (χ0) is 14.3. The molecule has 3 rings (SSSR count). The SMILES string of the molecule is CC1NC(=S)C2CNN(c3ccc([N+](=O)[O-])cc3)C2N1. The number of nitro benzene ring substituents is 1. The molecule has 0 aliphatic carbocycles. The van der Waals surface area contributed by atoms with Crippen LogP contribution in [0.25, 0.3) is 0 Å². The van der Waals surface area contributed by atoms with Gasteiger partial charge in [0.1, 0.15) is 6.17 Å². The van der Waals surface area contributed by atoms with Crippen LogP contribution in [0.2, 0.25) is 0 Å². The first-order chi connectivity index (χ1) is 9.56. The lowest BCUT2D eigenvalue weighted by Gasteiger charge is -2.37. The number of benzene rings is 1. The number of anilines is 1. The smallest absolute Gasteiger partial charge is 0.269 e. The van der Waals surface area contributed by atoms with Crippen molar-refractivity contribution < 1.29 is 4.92 Å². The van der Waals surface area contributed by atoms with Crippen LogP contribution in [0.15, 0.2) is 24.3 Å². The molecule has 2 aliphatic rings. The molecule has 7 nitrogen and oxygen atoms in total. The monoisotopic (exact) mass is 293 g/mol. The Kier molecular flexibility index (Phi) is 3.28. The number of nitrogens with one attached hydrogen (secondary N) is 3. The Morgan fingerprint density at radius 3 is 2.75 bits per heavy atom. The third kappa shape index (κ3) is 2.21. The van der Waals surface area contributed by atoms with Crippen LogP contribution in [0.1, 0.15) is 6.92 Å². The average Bonchev–Trinajstić information content (AvgIpc) is 2.82. The number of hydrogen-bond acceptors (Lipinski definition) is 6. The van der Waals surface area contributed by atoms with Crippen molar-refractivity contribution in [3.63, 3.8) is 0 Å². The molecule has 2 aliphatic heterocycles. The molecular formula is C12H15N5O2S. The van der Waals surface area contributed by atoms with Crippen LogP contribution < -0.4 is 21.1 Å². The molecule has 3 unspecified atom stereocenters. The number of fused-ring (bicyclic) bond motifs is 1. The van der Waals surface area contributed by atoms with Crippen molar-refractivity contribution in [1.29, 1.82) is 0 Å². The Bertz CT molecular complexity index is 549. The number of non-ortho nitro benzene ring substituents is 1. The lowest BCUT2D eigenvalue weighted by molar-refractivity contribution is -0.384. The Morgan fingerprint density at radius 2 is 2.10 bits per heavy atom. The van der Waals surface area contributed by atoms with Gasteiger partial charge in [-0.15, -0.1) is 0 Å². The van der Waals surface area contributed by atoms with E-state index in [1.165, 1.54) is 12.1 Å². The number of nitro groups is 1. The number of hydrazine groups is 1. The van der Waals surface area contributed by atoms with Crippen molar-refractivity contribution in [2.24, 2.45) is 5.92 Å². The summed E-state index contributed by atoms with van der Waals surface area (Å²) in [4.78, 5) is 11.1. The van der Waals surface area contributed by atoms with Crippen LogP contribution in [0.4, 0.5) is 11.4 Å². The standard InChI is InChI=1S/C12H15N5O2S/c1-7-14-11-10(12(20)15-7)6-13-16(11)8-2-4-9(5-3-8)17(18)19/h2-5,7,10-11,13-14H,6H2,1H3,(H,15,20). The van der Waals surface area contributed by atoms with E-state index in [1.807, 2.05) is 11.9 Å². The molecule has 8 heteroatoms. The fourth-order valence-corrected chi connectivity index (χ4v) is 3.01. The van der Waals surface area contributed by atoms with Crippen molar-refractivity contribution in [2.45, 2.75) is 19.3 Å². The molecule has 2 heterocycles. The summed E-state index contributed by atoms with van der Waals surface area (Å²) in [5.41, 5.74) is 4.26. The number of nitrogens with zero attached hydrogens (tertiary/aromatic N) is 2. The van der Waals surface area contributed by atoms with Crippen LogP contribution in [0.3, 0.4) is 0 Å². The van der Waals surface area contributed by atoms with Gasteiger partial charge in [0.15, 0.2) is 0 Å². The minimum absolute atomic E-state index is 0.0557. The molecule has 0 saturated carbocycles. The minimum atomic E-state index is -0.399. The van der Waals surface area contributed by atoms with Crippen LogP contribution in [0, 0.1) is 16.0 Å². The molecule has 106 valence electrons. The minimum Gasteiger partial charge on any atom is -0.364 e. The lowest BCUT2D eigenvalue weighted by Crippen LogP contribution is -2.62. The van der Waals surface area contributed by atoms with Crippen molar-refractivity contribution >= 4 is 28.6 Å². The Hall–Kier alpha value is -1.77. The molecule has 2 fully saturated rings. The first-order valence-corrected chi connectivity index (χ1v) is 6.81. The second-order valence-electron chi connectivity index (χ2n) is 4.95. The number of rotatable bonds is 2. The van der Waals surface area contributed by atoms with E-state index in [0.717, 1.165) is 17.2 Å². The summed E-state index contributed by atoms with van der Waals surface area (Å²) in [6.45, 7) is 2.75. The van der Waals surface area contributed by atoms with Gasteiger partial charge in [-0.2, -0.15) is 0 Å². The lowest BCUT2D eigenvalue weighted by atomic mass is 10.0. The summed E-state index contributed by atoms with van der Waals surface area (Å²) >= 11 is 5.37. The molecule has 3 atom stereocenters. The van der Waals surface area contributed by atoms with E-state index in [2.05, 4.69) is 16.1 Å². The summed E-state index contributed by atoms with van der Waals surface area (Å²) in [5, 5.41) is 19.3. The van der Waals surface area contributed by atoms with E-state index in [0.29, 0.717) is 0 Å². The highest BCUT2D eigenvalue weighted by molar-refractivity contribution is 7.80. The molecule has 0 radical (unpaired) electrons. The predicted octanol–water partition coefficient (Wildman–Crippen LogP) is 0.728. The second-order valence-corrected chi connectivity index (χ2v) is 5.39. The summed E-state index contributed by atoms with van der Waals surface area (Å²) < 4.78 is 0. The van der Waals surface area contributed by atoms with Gasteiger partial charge < -0.3 is 5.32 Å².